The molecular formula is C31H35N3O3S. The van der Waals surface area contributed by atoms with Crippen LogP contribution in [0.3, 0.4) is 0 Å². The van der Waals surface area contributed by atoms with Gasteiger partial charge in [0.05, 0.1) is 20.8 Å². The number of nitrogens with zero attached hydrogens (tertiary/aromatic N) is 2. The molecule has 1 aromatic heterocycles. The van der Waals surface area contributed by atoms with Crippen LogP contribution >= 0.6 is 11.3 Å². The van der Waals surface area contributed by atoms with Crippen molar-refractivity contribution in [2.75, 3.05) is 26.1 Å². The molecule has 1 heterocycles. The van der Waals surface area contributed by atoms with Crippen molar-refractivity contribution in [2.24, 2.45) is 0 Å². The van der Waals surface area contributed by atoms with Crippen LogP contribution in [0.25, 0.3) is 0 Å². The Balaban J connectivity index is 1.46. The van der Waals surface area contributed by atoms with E-state index in [0.717, 1.165) is 47.3 Å². The summed E-state index contributed by atoms with van der Waals surface area (Å²) in [4.78, 5) is 19.9. The van der Waals surface area contributed by atoms with Crippen molar-refractivity contribution in [1.29, 1.82) is 0 Å². The zero-order valence-electron chi connectivity index (χ0n) is 22.7. The molecule has 7 heteroatoms. The van der Waals surface area contributed by atoms with Crippen LogP contribution < -0.4 is 14.8 Å². The zero-order chi connectivity index (χ0) is 27.1. The van der Waals surface area contributed by atoms with E-state index in [0.29, 0.717) is 12.2 Å². The highest BCUT2D eigenvalue weighted by atomic mass is 32.1. The number of ether oxygens (including phenoxy) is 2. The lowest BCUT2D eigenvalue weighted by molar-refractivity contribution is 0.102. The van der Waals surface area contributed by atoms with E-state index in [2.05, 4.69) is 59.4 Å². The maximum atomic E-state index is 12.9. The number of carbonyl (C=O) groups excluding carboxylic acids is 1. The molecule has 0 radical (unpaired) electrons. The molecule has 0 atom stereocenters. The molecule has 0 aliphatic carbocycles. The summed E-state index contributed by atoms with van der Waals surface area (Å²) >= 11 is 1.52. The molecule has 1 amide bonds. The number of benzene rings is 3. The number of hydrogen-bond donors (Lipinski definition) is 1. The summed E-state index contributed by atoms with van der Waals surface area (Å²) in [7, 11) is 3.30. The lowest BCUT2D eigenvalue weighted by Crippen LogP contribution is -2.25. The normalized spacial score (nSPS) is 11.0. The summed E-state index contributed by atoms with van der Waals surface area (Å²) in [6.07, 6.45) is 0.845. The highest BCUT2D eigenvalue weighted by Crippen LogP contribution is 2.28. The molecule has 38 heavy (non-hydrogen) atoms. The number of rotatable bonds is 11. The van der Waals surface area contributed by atoms with Gasteiger partial charge < -0.3 is 14.8 Å². The van der Waals surface area contributed by atoms with Gasteiger partial charge in [0.1, 0.15) is 10.7 Å². The van der Waals surface area contributed by atoms with Gasteiger partial charge in [0.15, 0.2) is 11.5 Å². The van der Waals surface area contributed by atoms with Gasteiger partial charge in [0, 0.05) is 24.2 Å². The van der Waals surface area contributed by atoms with Crippen LogP contribution in [0.4, 0.5) is 5.69 Å². The van der Waals surface area contributed by atoms with Gasteiger partial charge in [-0.2, -0.15) is 0 Å². The molecule has 0 spiro atoms. The van der Waals surface area contributed by atoms with E-state index < -0.39 is 0 Å². The minimum absolute atomic E-state index is 0.189. The average Bonchev–Trinajstić information content (AvgIpc) is 3.39. The lowest BCUT2D eigenvalue weighted by Gasteiger charge is -2.22. The maximum Gasteiger partial charge on any atom is 0.275 e. The molecular weight excluding hydrogens is 494 g/mol. The Bertz CT molecular complexity index is 1380. The Morgan fingerprint density at radius 1 is 0.868 bits per heavy atom. The molecule has 0 saturated heterocycles. The summed E-state index contributed by atoms with van der Waals surface area (Å²) < 4.78 is 10.9. The minimum Gasteiger partial charge on any atom is -0.493 e. The zero-order valence-corrected chi connectivity index (χ0v) is 23.5. The standard InChI is InChI=1S/C31H35N3O3S/c1-21-6-9-25(10-7-21)18-34(15-14-24-11-13-28(36-4)29(17-24)37-5)19-30-33-27(20-38-30)31(35)32-26-12-8-22(2)23(3)16-26/h6-13,16-17,20H,14-15,18-19H2,1-5H3,(H,32,35). The van der Waals surface area contributed by atoms with Crippen LogP contribution in [0.1, 0.15) is 43.3 Å². The van der Waals surface area contributed by atoms with Gasteiger partial charge in [0.25, 0.3) is 5.91 Å². The number of amides is 1. The molecule has 0 fully saturated rings. The molecule has 0 aliphatic rings. The largest absolute Gasteiger partial charge is 0.493 e. The third-order valence-corrected chi connectivity index (χ3v) is 7.43. The number of aryl methyl sites for hydroxylation is 3. The second-order valence-electron chi connectivity index (χ2n) is 9.52. The van der Waals surface area contributed by atoms with E-state index in [4.69, 9.17) is 9.47 Å². The van der Waals surface area contributed by atoms with Crippen molar-refractivity contribution in [1.82, 2.24) is 9.88 Å². The number of aromatic nitrogens is 1. The number of methoxy groups -OCH3 is 2. The molecule has 0 aliphatic heterocycles. The van der Waals surface area contributed by atoms with E-state index in [-0.39, 0.29) is 5.91 Å². The second kappa shape index (κ2) is 12.7. The van der Waals surface area contributed by atoms with Crippen molar-refractivity contribution in [3.8, 4) is 11.5 Å². The summed E-state index contributed by atoms with van der Waals surface area (Å²) in [5.74, 6) is 1.27. The number of hydrogen-bond acceptors (Lipinski definition) is 6. The summed E-state index contributed by atoms with van der Waals surface area (Å²) in [5.41, 5.74) is 7.21. The van der Waals surface area contributed by atoms with E-state index in [1.54, 1.807) is 14.2 Å². The Kier molecular flexibility index (Phi) is 9.15. The second-order valence-corrected chi connectivity index (χ2v) is 10.5. The Morgan fingerprint density at radius 3 is 2.32 bits per heavy atom. The summed E-state index contributed by atoms with van der Waals surface area (Å²) in [6, 6.07) is 20.6. The fraction of sp³-hybridized carbons (Fsp3) is 0.290. The van der Waals surface area contributed by atoms with Crippen LogP contribution in [-0.4, -0.2) is 36.6 Å². The molecule has 3 aromatic carbocycles. The molecule has 0 unspecified atom stereocenters. The smallest absolute Gasteiger partial charge is 0.275 e. The molecule has 4 rings (SSSR count). The first kappa shape index (κ1) is 27.4. The number of thiazole rings is 1. The highest BCUT2D eigenvalue weighted by Gasteiger charge is 2.15. The van der Waals surface area contributed by atoms with E-state index in [9.17, 15) is 4.79 Å². The van der Waals surface area contributed by atoms with Gasteiger partial charge in [-0.1, -0.05) is 42.0 Å². The Morgan fingerprint density at radius 2 is 1.61 bits per heavy atom. The topological polar surface area (TPSA) is 63.7 Å². The van der Waals surface area contributed by atoms with E-state index >= 15 is 0 Å². The predicted molar refractivity (Wildman–Crippen MR) is 155 cm³/mol. The fourth-order valence-electron chi connectivity index (χ4n) is 4.18. The van der Waals surface area contributed by atoms with Gasteiger partial charge in [-0.05, 0) is 73.7 Å². The predicted octanol–water partition coefficient (Wildman–Crippen LogP) is 6.58. The number of carbonyl (C=O) groups is 1. The molecule has 0 bridgehead atoms. The van der Waals surface area contributed by atoms with E-state index in [1.807, 2.05) is 42.6 Å². The van der Waals surface area contributed by atoms with Crippen molar-refractivity contribution in [2.45, 2.75) is 40.3 Å². The third-order valence-electron chi connectivity index (χ3n) is 6.60. The lowest BCUT2D eigenvalue weighted by atomic mass is 10.1. The molecule has 6 nitrogen and oxygen atoms in total. The first-order valence-electron chi connectivity index (χ1n) is 12.7. The van der Waals surface area contributed by atoms with Crippen LogP contribution in [0, 0.1) is 20.8 Å². The van der Waals surface area contributed by atoms with Gasteiger partial charge in [-0.3, -0.25) is 9.69 Å². The average molecular weight is 530 g/mol. The van der Waals surface area contributed by atoms with Gasteiger partial charge >= 0.3 is 0 Å². The van der Waals surface area contributed by atoms with Gasteiger partial charge in [0.2, 0.25) is 0 Å². The summed E-state index contributed by atoms with van der Waals surface area (Å²) in [5, 5.41) is 5.72. The molecule has 4 aromatic rings. The van der Waals surface area contributed by atoms with Crippen LogP contribution in [-0.2, 0) is 19.5 Å². The van der Waals surface area contributed by atoms with Crippen molar-refractivity contribution in [3.05, 3.63) is 105 Å². The van der Waals surface area contributed by atoms with Crippen LogP contribution in [0.2, 0.25) is 0 Å². The first-order chi connectivity index (χ1) is 18.3. The minimum atomic E-state index is -0.189. The van der Waals surface area contributed by atoms with Crippen molar-refractivity contribution < 1.29 is 14.3 Å². The SMILES string of the molecule is COc1ccc(CCN(Cc2ccc(C)cc2)Cc2nc(C(=O)Nc3ccc(C)c(C)c3)cs2)cc1OC. The first-order valence-corrected chi connectivity index (χ1v) is 13.5. The Labute approximate surface area is 229 Å². The summed E-state index contributed by atoms with van der Waals surface area (Å²) in [6.45, 7) is 8.46. The van der Waals surface area contributed by atoms with E-state index in [1.165, 1.54) is 33.6 Å². The van der Waals surface area contributed by atoms with Gasteiger partial charge in [-0.25, -0.2) is 4.98 Å². The number of nitrogens with one attached hydrogen (secondary N) is 1. The van der Waals surface area contributed by atoms with Crippen LogP contribution in [0.5, 0.6) is 11.5 Å². The Hall–Kier alpha value is -3.68. The molecule has 0 saturated carbocycles. The van der Waals surface area contributed by atoms with Crippen molar-refractivity contribution in [3.63, 3.8) is 0 Å². The highest BCUT2D eigenvalue weighted by molar-refractivity contribution is 7.09. The molecule has 198 valence electrons. The number of anilines is 1. The fourth-order valence-corrected chi connectivity index (χ4v) is 5.00. The third kappa shape index (κ3) is 7.21. The monoisotopic (exact) mass is 529 g/mol. The van der Waals surface area contributed by atoms with Gasteiger partial charge in [-0.15, -0.1) is 11.3 Å². The van der Waals surface area contributed by atoms with Crippen molar-refractivity contribution >= 4 is 22.9 Å². The maximum absolute atomic E-state index is 12.9. The molecule has 1 N–H and O–H groups in total. The quantitative estimate of drug-likeness (QED) is 0.238. The van der Waals surface area contributed by atoms with Crippen LogP contribution in [0.15, 0.2) is 66.0 Å².